The normalized spacial score (nSPS) is 19.1. The highest BCUT2D eigenvalue weighted by molar-refractivity contribution is 8.04. The molecule has 1 amide bonds. The van der Waals surface area contributed by atoms with E-state index in [1.54, 1.807) is 23.6 Å². The van der Waals surface area contributed by atoms with Crippen LogP contribution in [0, 0.1) is 11.3 Å². The Morgan fingerprint density at radius 1 is 1.16 bits per heavy atom. The summed E-state index contributed by atoms with van der Waals surface area (Å²) in [6.07, 6.45) is 1.34. The molecule has 3 heterocycles. The zero-order chi connectivity index (χ0) is 22.3. The van der Waals surface area contributed by atoms with Gasteiger partial charge >= 0.3 is 0 Å². The molecule has 2 aliphatic rings. The summed E-state index contributed by atoms with van der Waals surface area (Å²) in [7, 11) is -4.23. The van der Waals surface area contributed by atoms with Gasteiger partial charge in [0.25, 0.3) is 15.9 Å². The lowest BCUT2D eigenvalue weighted by atomic mass is 10.1. The summed E-state index contributed by atoms with van der Waals surface area (Å²) in [5.74, 6) is -0.0816. The minimum absolute atomic E-state index is 0.00192. The van der Waals surface area contributed by atoms with Crippen molar-refractivity contribution >= 4 is 61.8 Å². The molecule has 5 rings (SSSR count). The van der Waals surface area contributed by atoms with Crippen LogP contribution in [0.1, 0.15) is 5.56 Å². The standard InChI is InChI=1S/C19H13N5O5S3/c20-8-11-5-16-17(29-10-28-16)7-14(11)21-18(25)19(3-4-30-9-19)32(26,27)24-12-1-2-13-15(6-12)23-31-22-13/h1-7,24H,9-10H2,(H,21,25). The number of sulfonamides is 1. The fraction of sp³-hybridized carbons (Fsp3) is 0.158. The summed E-state index contributed by atoms with van der Waals surface area (Å²) in [6.45, 7) is -0.00192. The summed E-state index contributed by atoms with van der Waals surface area (Å²) in [4.78, 5) is 13.3. The number of amides is 1. The van der Waals surface area contributed by atoms with Crippen LogP contribution < -0.4 is 19.5 Å². The number of hydrogen-bond acceptors (Lipinski definition) is 10. The Bertz CT molecular complexity index is 1430. The van der Waals surface area contributed by atoms with Gasteiger partial charge in [0.15, 0.2) is 16.2 Å². The molecule has 32 heavy (non-hydrogen) atoms. The molecule has 1 atom stereocenters. The van der Waals surface area contributed by atoms with Gasteiger partial charge in [-0.3, -0.25) is 9.52 Å². The Kier molecular flexibility index (Phi) is 4.92. The maximum Gasteiger partial charge on any atom is 0.252 e. The van der Waals surface area contributed by atoms with Crippen LogP contribution in [0.3, 0.4) is 0 Å². The highest BCUT2D eigenvalue weighted by atomic mass is 32.2. The van der Waals surface area contributed by atoms with Gasteiger partial charge in [0.1, 0.15) is 17.1 Å². The number of nitriles is 1. The Morgan fingerprint density at radius 2 is 1.94 bits per heavy atom. The third-order valence-electron chi connectivity index (χ3n) is 4.98. The van der Waals surface area contributed by atoms with Crippen molar-refractivity contribution in [3.8, 4) is 17.6 Å². The number of aromatic nitrogens is 2. The number of rotatable bonds is 5. The van der Waals surface area contributed by atoms with Crippen molar-refractivity contribution in [2.24, 2.45) is 0 Å². The quantitative estimate of drug-likeness (QED) is 0.555. The van der Waals surface area contributed by atoms with Crippen molar-refractivity contribution in [1.82, 2.24) is 8.75 Å². The average Bonchev–Trinajstić information content (AvgIpc) is 3.52. The first kappa shape index (κ1) is 20.6. The molecular weight excluding hydrogens is 474 g/mol. The first-order valence-corrected chi connectivity index (χ1v) is 12.4. The van der Waals surface area contributed by atoms with Gasteiger partial charge in [-0.15, -0.1) is 11.8 Å². The number of hydrogen-bond donors (Lipinski definition) is 2. The number of carbonyl (C=O) groups excluding carboxylic acids is 1. The smallest absolute Gasteiger partial charge is 0.252 e. The number of benzene rings is 2. The molecule has 3 aromatic rings. The molecule has 0 saturated carbocycles. The van der Waals surface area contributed by atoms with Gasteiger partial charge in [0.2, 0.25) is 6.79 Å². The number of ether oxygens (including phenoxy) is 2. The lowest BCUT2D eigenvalue weighted by molar-refractivity contribution is -0.117. The first-order valence-electron chi connectivity index (χ1n) is 9.11. The zero-order valence-electron chi connectivity index (χ0n) is 16.1. The minimum Gasteiger partial charge on any atom is -0.454 e. The van der Waals surface area contributed by atoms with Crippen molar-refractivity contribution in [2.45, 2.75) is 4.75 Å². The molecule has 2 aromatic carbocycles. The van der Waals surface area contributed by atoms with Crippen LogP contribution in [0.15, 0.2) is 41.8 Å². The Morgan fingerprint density at radius 3 is 2.69 bits per heavy atom. The third kappa shape index (κ3) is 3.32. The Hall–Kier alpha value is -3.34. The number of nitrogens with one attached hydrogen (secondary N) is 2. The summed E-state index contributed by atoms with van der Waals surface area (Å²) in [5.41, 5.74) is 1.72. The van der Waals surface area contributed by atoms with Gasteiger partial charge in [-0.25, -0.2) is 8.42 Å². The number of nitrogens with zero attached hydrogens (tertiary/aromatic N) is 3. The van der Waals surface area contributed by atoms with Crippen molar-refractivity contribution in [1.29, 1.82) is 5.26 Å². The van der Waals surface area contributed by atoms with E-state index in [0.29, 0.717) is 22.5 Å². The Labute approximate surface area is 190 Å². The van der Waals surface area contributed by atoms with E-state index in [1.807, 2.05) is 6.07 Å². The van der Waals surface area contributed by atoms with E-state index in [-0.39, 0.29) is 29.5 Å². The number of carbonyl (C=O) groups is 1. The van der Waals surface area contributed by atoms with Gasteiger partial charge in [0, 0.05) is 17.9 Å². The largest absolute Gasteiger partial charge is 0.454 e. The average molecular weight is 488 g/mol. The second kappa shape index (κ2) is 7.66. The summed E-state index contributed by atoms with van der Waals surface area (Å²) < 4.78 is 46.1. The second-order valence-corrected chi connectivity index (χ2v) is 10.3. The van der Waals surface area contributed by atoms with E-state index in [9.17, 15) is 18.5 Å². The molecule has 2 aliphatic heterocycles. The van der Waals surface area contributed by atoms with Crippen LogP contribution in [0.2, 0.25) is 0 Å². The topological polar surface area (TPSA) is 143 Å². The van der Waals surface area contributed by atoms with E-state index in [2.05, 4.69) is 18.8 Å². The highest BCUT2D eigenvalue weighted by Gasteiger charge is 2.51. The van der Waals surface area contributed by atoms with Crippen LogP contribution >= 0.6 is 23.5 Å². The molecule has 0 aliphatic carbocycles. The predicted octanol–water partition coefficient (Wildman–Crippen LogP) is 2.67. The van der Waals surface area contributed by atoms with Gasteiger partial charge in [-0.1, -0.05) is 0 Å². The molecule has 10 nitrogen and oxygen atoms in total. The van der Waals surface area contributed by atoms with E-state index < -0.39 is 20.7 Å². The third-order valence-corrected chi connectivity index (χ3v) is 8.60. The monoisotopic (exact) mass is 487 g/mol. The molecule has 0 radical (unpaired) electrons. The fourth-order valence-electron chi connectivity index (χ4n) is 3.27. The van der Waals surface area contributed by atoms with Crippen molar-refractivity contribution in [3.63, 3.8) is 0 Å². The van der Waals surface area contributed by atoms with Crippen molar-refractivity contribution in [3.05, 3.63) is 47.4 Å². The maximum absolute atomic E-state index is 13.4. The lowest BCUT2D eigenvalue weighted by Gasteiger charge is -2.26. The highest BCUT2D eigenvalue weighted by Crippen LogP contribution is 2.39. The molecular formula is C19H13N5O5S3. The second-order valence-electron chi connectivity index (χ2n) is 6.89. The van der Waals surface area contributed by atoms with Crippen LogP contribution in [-0.2, 0) is 14.8 Å². The van der Waals surface area contributed by atoms with E-state index in [1.165, 1.54) is 30.0 Å². The van der Waals surface area contributed by atoms with Crippen molar-refractivity contribution in [2.75, 3.05) is 22.6 Å². The van der Waals surface area contributed by atoms with Crippen LogP contribution in [0.5, 0.6) is 11.5 Å². The van der Waals surface area contributed by atoms with Gasteiger partial charge < -0.3 is 14.8 Å². The lowest BCUT2D eigenvalue weighted by Crippen LogP contribution is -2.51. The molecule has 1 unspecified atom stereocenters. The van der Waals surface area contributed by atoms with E-state index >= 15 is 0 Å². The van der Waals surface area contributed by atoms with Crippen molar-refractivity contribution < 1.29 is 22.7 Å². The number of fused-ring (bicyclic) bond motifs is 2. The summed E-state index contributed by atoms with van der Waals surface area (Å²) >= 11 is 2.22. The van der Waals surface area contributed by atoms with Gasteiger partial charge in [0.05, 0.1) is 28.7 Å². The summed E-state index contributed by atoms with van der Waals surface area (Å²) in [6, 6.07) is 9.62. The molecule has 2 N–H and O–H groups in total. The molecule has 0 spiro atoms. The minimum atomic E-state index is -4.23. The van der Waals surface area contributed by atoms with Gasteiger partial charge in [-0.2, -0.15) is 14.0 Å². The molecule has 13 heteroatoms. The van der Waals surface area contributed by atoms with Crippen LogP contribution in [-0.4, -0.2) is 40.4 Å². The first-order chi connectivity index (χ1) is 15.4. The summed E-state index contributed by atoms with van der Waals surface area (Å²) in [5, 5.41) is 13.6. The molecule has 0 fully saturated rings. The zero-order valence-corrected chi connectivity index (χ0v) is 18.5. The SMILES string of the molecule is N#Cc1cc2c(cc1NC(=O)C1(S(=O)(=O)Nc3ccc4nsnc4c3)C=CSC1)OCO2. The van der Waals surface area contributed by atoms with E-state index in [4.69, 9.17) is 9.47 Å². The number of anilines is 2. The molecule has 0 bridgehead atoms. The fourth-order valence-corrected chi connectivity index (χ4v) is 6.76. The Balaban J connectivity index is 1.47. The van der Waals surface area contributed by atoms with Crippen LogP contribution in [0.4, 0.5) is 11.4 Å². The molecule has 0 saturated heterocycles. The maximum atomic E-state index is 13.4. The number of thioether (sulfide) groups is 1. The van der Waals surface area contributed by atoms with Crippen LogP contribution in [0.25, 0.3) is 11.0 Å². The molecule has 1 aromatic heterocycles. The molecule has 162 valence electrons. The van der Waals surface area contributed by atoms with E-state index in [0.717, 1.165) is 11.7 Å². The van der Waals surface area contributed by atoms with Gasteiger partial charge in [-0.05, 0) is 29.7 Å². The predicted molar refractivity (Wildman–Crippen MR) is 120 cm³/mol.